The summed E-state index contributed by atoms with van der Waals surface area (Å²) in [6.45, 7) is 3.91. The molecule has 2 heterocycles. The summed E-state index contributed by atoms with van der Waals surface area (Å²) in [5.41, 5.74) is 5.65. The van der Waals surface area contributed by atoms with E-state index in [-0.39, 0.29) is 17.9 Å². The summed E-state index contributed by atoms with van der Waals surface area (Å²) < 4.78 is 6.56. The van der Waals surface area contributed by atoms with Gasteiger partial charge in [-0.25, -0.2) is 0 Å². The summed E-state index contributed by atoms with van der Waals surface area (Å²) in [4.78, 5) is 18.4. The van der Waals surface area contributed by atoms with Gasteiger partial charge < -0.3 is 15.0 Å². The van der Waals surface area contributed by atoms with E-state index in [1.807, 2.05) is 35.2 Å². The van der Waals surface area contributed by atoms with Gasteiger partial charge in [0.2, 0.25) is 5.91 Å². The minimum atomic E-state index is -0.150. The molecule has 1 atom stereocenters. The van der Waals surface area contributed by atoms with E-state index in [1.54, 1.807) is 13.0 Å². The van der Waals surface area contributed by atoms with Crippen molar-refractivity contribution in [2.45, 2.75) is 32.4 Å². The second kappa shape index (κ2) is 11.6. The van der Waals surface area contributed by atoms with Crippen molar-refractivity contribution >= 4 is 40.6 Å². The SMILES string of the molecule is CC(=O)N1CCC(C(OCC2=NCc3cc(Cl)c(Cl)cc3N2)c2ccc(-c3cccc(C#N)c3)cc2)CC1. The maximum absolute atomic E-state index is 11.9. The number of carbonyl (C=O) groups is 1. The van der Waals surface area contributed by atoms with Crippen LogP contribution in [-0.2, 0) is 16.1 Å². The average molecular weight is 547 g/mol. The van der Waals surface area contributed by atoms with E-state index in [4.69, 9.17) is 27.9 Å². The number of benzene rings is 3. The Balaban J connectivity index is 1.34. The van der Waals surface area contributed by atoms with E-state index in [2.05, 4.69) is 40.6 Å². The third-order valence-corrected chi connectivity index (χ3v) is 7.96. The molecule has 1 amide bonds. The highest BCUT2D eigenvalue weighted by atomic mass is 35.5. The standard InChI is InChI=1S/C30H28Cl2N4O2/c1-19(37)36-11-9-23(10-12-36)30(22-7-5-21(6-8-22)24-4-2-3-20(13-24)16-33)38-18-29-34-17-25-14-26(31)27(32)15-28(25)35-29/h2-8,13-15,23,30H,9-12,17-18H2,1H3,(H,34,35). The summed E-state index contributed by atoms with van der Waals surface area (Å²) in [6, 6.07) is 21.8. The molecule has 8 heteroatoms. The maximum Gasteiger partial charge on any atom is 0.219 e. The number of anilines is 1. The third-order valence-electron chi connectivity index (χ3n) is 7.24. The number of hydrogen-bond acceptors (Lipinski definition) is 5. The Labute approximate surface area is 232 Å². The zero-order valence-electron chi connectivity index (χ0n) is 21.1. The summed E-state index contributed by atoms with van der Waals surface area (Å²) in [5, 5.41) is 13.6. The molecule has 0 spiro atoms. The lowest BCUT2D eigenvalue weighted by Crippen LogP contribution is -2.39. The zero-order valence-corrected chi connectivity index (χ0v) is 22.6. The number of amides is 1. The number of rotatable bonds is 6. The molecule has 1 fully saturated rings. The first-order chi connectivity index (χ1) is 18.4. The summed E-state index contributed by atoms with van der Waals surface area (Å²) in [7, 11) is 0. The molecule has 2 aliphatic rings. The van der Waals surface area contributed by atoms with Crippen molar-refractivity contribution in [3.05, 3.63) is 87.4 Å². The molecule has 38 heavy (non-hydrogen) atoms. The van der Waals surface area contributed by atoms with Crippen molar-refractivity contribution in [3.8, 4) is 17.2 Å². The molecule has 0 aliphatic carbocycles. The predicted octanol–water partition coefficient (Wildman–Crippen LogP) is 6.87. The Morgan fingerprint density at radius 1 is 1.11 bits per heavy atom. The van der Waals surface area contributed by atoms with Gasteiger partial charge in [-0.05, 0) is 65.3 Å². The van der Waals surface area contributed by atoms with Gasteiger partial charge in [0, 0.05) is 25.7 Å². The predicted molar refractivity (Wildman–Crippen MR) is 151 cm³/mol. The number of likely N-dealkylation sites (tertiary alicyclic amines) is 1. The summed E-state index contributed by atoms with van der Waals surface area (Å²) in [5.74, 6) is 1.12. The van der Waals surface area contributed by atoms with Gasteiger partial charge in [-0.1, -0.05) is 59.6 Å². The van der Waals surface area contributed by atoms with Gasteiger partial charge in [-0.3, -0.25) is 9.79 Å². The van der Waals surface area contributed by atoms with Gasteiger partial charge in [0.05, 0.1) is 34.3 Å². The number of nitrogens with zero attached hydrogens (tertiary/aromatic N) is 3. The van der Waals surface area contributed by atoms with Gasteiger partial charge in [0.1, 0.15) is 12.4 Å². The molecule has 1 unspecified atom stereocenters. The van der Waals surface area contributed by atoms with E-state index in [9.17, 15) is 10.1 Å². The molecule has 0 saturated carbocycles. The van der Waals surface area contributed by atoms with Crippen LogP contribution in [0, 0.1) is 17.2 Å². The molecule has 3 aromatic carbocycles. The van der Waals surface area contributed by atoms with Crippen LogP contribution in [0.2, 0.25) is 10.0 Å². The Bertz CT molecular complexity index is 1410. The van der Waals surface area contributed by atoms with Crippen LogP contribution in [0.1, 0.15) is 42.6 Å². The number of nitriles is 1. The average Bonchev–Trinajstić information content (AvgIpc) is 2.94. The molecule has 3 aromatic rings. The van der Waals surface area contributed by atoms with Gasteiger partial charge in [0.15, 0.2) is 0 Å². The minimum absolute atomic E-state index is 0.114. The van der Waals surface area contributed by atoms with Crippen LogP contribution >= 0.6 is 23.2 Å². The smallest absolute Gasteiger partial charge is 0.219 e. The number of nitrogens with one attached hydrogen (secondary N) is 1. The van der Waals surface area contributed by atoms with Crippen LogP contribution in [-0.4, -0.2) is 36.3 Å². The number of ether oxygens (including phenoxy) is 1. The van der Waals surface area contributed by atoms with Crippen molar-refractivity contribution in [2.75, 3.05) is 25.0 Å². The Hall–Kier alpha value is -3.37. The summed E-state index contributed by atoms with van der Waals surface area (Å²) >= 11 is 12.4. The first-order valence-electron chi connectivity index (χ1n) is 12.7. The van der Waals surface area contributed by atoms with Crippen LogP contribution in [0.5, 0.6) is 0 Å². The molecule has 0 radical (unpaired) electrons. The number of halogens is 2. The van der Waals surface area contributed by atoms with Gasteiger partial charge in [-0.2, -0.15) is 5.26 Å². The number of aliphatic imine (C=N–C) groups is 1. The fraction of sp³-hybridized carbons (Fsp3) is 0.300. The quantitative estimate of drug-likeness (QED) is 0.365. The molecule has 0 bridgehead atoms. The Kier molecular flexibility index (Phi) is 7.99. The van der Waals surface area contributed by atoms with Gasteiger partial charge >= 0.3 is 0 Å². The van der Waals surface area contributed by atoms with E-state index in [0.717, 1.165) is 59.7 Å². The maximum atomic E-state index is 11.9. The van der Waals surface area contributed by atoms with Crippen molar-refractivity contribution in [1.29, 1.82) is 5.26 Å². The molecule has 2 aliphatic heterocycles. The van der Waals surface area contributed by atoms with Crippen LogP contribution in [0.15, 0.2) is 65.7 Å². The fourth-order valence-electron chi connectivity index (χ4n) is 5.12. The monoisotopic (exact) mass is 546 g/mol. The molecule has 1 N–H and O–H groups in total. The van der Waals surface area contributed by atoms with Gasteiger partial charge in [0.25, 0.3) is 0 Å². The fourth-order valence-corrected chi connectivity index (χ4v) is 5.47. The molecule has 5 rings (SSSR count). The normalized spacial score (nSPS) is 16.2. The first kappa shape index (κ1) is 26.2. The third kappa shape index (κ3) is 5.86. The van der Waals surface area contributed by atoms with Crippen LogP contribution in [0.25, 0.3) is 11.1 Å². The molecular formula is C30H28Cl2N4O2. The molecule has 6 nitrogen and oxygen atoms in total. The van der Waals surface area contributed by atoms with Crippen LogP contribution < -0.4 is 5.32 Å². The lowest BCUT2D eigenvalue weighted by Gasteiger charge is -2.36. The minimum Gasteiger partial charge on any atom is -0.365 e. The number of piperidine rings is 1. The second-order valence-corrected chi connectivity index (χ2v) is 10.5. The summed E-state index contributed by atoms with van der Waals surface area (Å²) in [6.07, 6.45) is 1.59. The van der Waals surface area contributed by atoms with Crippen molar-refractivity contribution in [2.24, 2.45) is 10.9 Å². The van der Waals surface area contributed by atoms with Gasteiger partial charge in [-0.15, -0.1) is 0 Å². The number of amidine groups is 1. The van der Waals surface area contributed by atoms with E-state index < -0.39 is 0 Å². The molecule has 1 saturated heterocycles. The number of fused-ring (bicyclic) bond motifs is 1. The Morgan fingerprint density at radius 3 is 2.55 bits per heavy atom. The highest BCUT2D eigenvalue weighted by Gasteiger charge is 2.30. The van der Waals surface area contributed by atoms with E-state index in [1.165, 1.54) is 0 Å². The van der Waals surface area contributed by atoms with Crippen molar-refractivity contribution < 1.29 is 9.53 Å². The lowest BCUT2D eigenvalue weighted by molar-refractivity contribution is -0.131. The Morgan fingerprint density at radius 2 is 1.84 bits per heavy atom. The highest BCUT2D eigenvalue weighted by molar-refractivity contribution is 6.42. The van der Waals surface area contributed by atoms with Crippen molar-refractivity contribution in [3.63, 3.8) is 0 Å². The largest absolute Gasteiger partial charge is 0.365 e. The van der Waals surface area contributed by atoms with Crippen LogP contribution in [0.4, 0.5) is 5.69 Å². The molecule has 194 valence electrons. The topological polar surface area (TPSA) is 77.7 Å². The zero-order chi connectivity index (χ0) is 26.6. The number of hydrogen-bond donors (Lipinski definition) is 1. The van der Waals surface area contributed by atoms with E-state index in [0.29, 0.717) is 28.8 Å². The highest BCUT2D eigenvalue weighted by Crippen LogP contribution is 2.36. The van der Waals surface area contributed by atoms with Crippen molar-refractivity contribution in [1.82, 2.24) is 4.90 Å². The number of carbonyl (C=O) groups excluding carboxylic acids is 1. The first-order valence-corrected chi connectivity index (χ1v) is 13.4. The van der Waals surface area contributed by atoms with Crippen LogP contribution in [0.3, 0.4) is 0 Å². The second-order valence-electron chi connectivity index (χ2n) is 9.70. The van der Waals surface area contributed by atoms with E-state index >= 15 is 0 Å². The molecular weight excluding hydrogens is 519 g/mol. The lowest BCUT2D eigenvalue weighted by atomic mass is 9.86. The molecule has 0 aromatic heterocycles.